The van der Waals surface area contributed by atoms with Gasteiger partial charge in [-0.05, 0) is 51.1 Å². The first-order valence-electron chi connectivity index (χ1n) is 9.19. The fourth-order valence-electron chi connectivity index (χ4n) is 3.17. The summed E-state index contributed by atoms with van der Waals surface area (Å²) in [6.07, 6.45) is 1.60. The van der Waals surface area contributed by atoms with Crippen molar-refractivity contribution in [1.82, 2.24) is 9.99 Å². The van der Waals surface area contributed by atoms with Gasteiger partial charge in [0.1, 0.15) is 0 Å². The lowest BCUT2D eigenvalue weighted by molar-refractivity contribution is 0.0600. The zero-order chi connectivity index (χ0) is 21.0. The monoisotopic (exact) mass is 389 g/mol. The zero-order valence-electron chi connectivity index (χ0n) is 16.9. The van der Waals surface area contributed by atoms with Gasteiger partial charge < -0.3 is 9.30 Å². The molecule has 0 aliphatic heterocycles. The Hall–Kier alpha value is -3.67. The highest BCUT2D eigenvalue weighted by Gasteiger charge is 2.17. The SMILES string of the molecule is COC(=O)c1ccccc1-n1c(C)cc(/C=N\NC(=O)c2ccc(C)cc2)c1C. The van der Waals surface area contributed by atoms with Gasteiger partial charge in [-0.2, -0.15) is 5.10 Å². The molecule has 3 aromatic rings. The largest absolute Gasteiger partial charge is 0.465 e. The lowest BCUT2D eigenvalue weighted by Crippen LogP contribution is -2.17. The first kappa shape index (κ1) is 20.1. The summed E-state index contributed by atoms with van der Waals surface area (Å²) in [6, 6.07) is 16.5. The van der Waals surface area contributed by atoms with Gasteiger partial charge in [-0.3, -0.25) is 4.79 Å². The Balaban J connectivity index is 1.85. The van der Waals surface area contributed by atoms with E-state index < -0.39 is 5.97 Å². The Morgan fingerprint density at radius 1 is 1.03 bits per heavy atom. The molecule has 1 heterocycles. The molecule has 0 radical (unpaired) electrons. The van der Waals surface area contributed by atoms with Crippen molar-refractivity contribution in [2.45, 2.75) is 20.8 Å². The molecule has 0 aliphatic rings. The molecule has 0 saturated heterocycles. The van der Waals surface area contributed by atoms with Gasteiger partial charge in [0.15, 0.2) is 0 Å². The number of hydrogen-bond donors (Lipinski definition) is 1. The lowest BCUT2D eigenvalue weighted by atomic mass is 10.1. The second-order valence-corrected chi connectivity index (χ2v) is 6.74. The molecule has 0 spiro atoms. The minimum atomic E-state index is -0.395. The van der Waals surface area contributed by atoms with Crippen LogP contribution in [0.2, 0.25) is 0 Å². The molecule has 29 heavy (non-hydrogen) atoms. The van der Waals surface area contributed by atoms with Gasteiger partial charge >= 0.3 is 5.97 Å². The number of carbonyl (C=O) groups is 2. The van der Waals surface area contributed by atoms with Crippen molar-refractivity contribution in [2.75, 3.05) is 7.11 Å². The molecular formula is C23H23N3O3. The smallest absolute Gasteiger partial charge is 0.339 e. The summed E-state index contributed by atoms with van der Waals surface area (Å²) in [6.45, 7) is 5.85. The molecule has 3 rings (SSSR count). The number of nitrogens with one attached hydrogen (secondary N) is 1. The second kappa shape index (κ2) is 8.56. The van der Waals surface area contributed by atoms with Crippen LogP contribution in [0.5, 0.6) is 0 Å². The van der Waals surface area contributed by atoms with Crippen LogP contribution in [-0.4, -0.2) is 29.8 Å². The summed E-state index contributed by atoms with van der Waals surface area (Å²) in [4.78, 5) is 24.3. The maximum Gasteiger partial charge on any atom is 0.339 e. The standard InChI is InChI=1S/C23H23N3O3/c1-15-9-11-18(12-10-15)22(27)25-24-14-19-13-16(2)26(17(19)3)21-8-6-5-7-20(21)23(28)29-4/h5-14H,1-4H3,(H,25,27)/b24-14-. The topological polar surface area (TPSA) is 72.7 Å². The summed E-state index contributed by atoms with van der Waals surface area (Å²) >= 11 is 0. The van der Waals surface area contributed by atoms with Gasteiger partial charge in [0.05, 0.1) is 24.6 Å². The number of aromatic nitrogens is 1. The highest BCUT2D eigenvalue weighted by atomic mass is 16.5. The first-order chi connectivity index (χ1) is 13.9. The molecule has 0 atom stereocenters. The number of benzene rings is 2. The van der Waals surface area contributed by atoms with E-state index in [1.165, 1.54) is 7.11 Å². The van der Waals surface area contributed by atoms with Crippen molar-refractivity contribution in [1.29, 1.82) is 0 Å². The average molecular weight is 389 g/mol. The van der Waals surface area contributed by atoms with Crippen LogP contribution in [0, 0.1) is 20.8 Å². The van der Waals surface area contributed by atoms with E-state index in [0.29, 0.717) is 11.1 Å². The number of para-hydroxylation sites is 1. The maximum atomic E-state index is 12.2. The molecule has 6 nitrogen and oxygen atoms in total. The molecule has 1 amide bonds. The Kier molecular flexibility index (Phi) is 5.93. The quantitative estimate of drug-likeness (QED) is 0.408. The number of hydrogen-bond acceptors (Lipinski definition) is 4. The molecule has 0 fully saturated rings. The van der Waals surface area contributed by atoms with Gasteiger partial charge in [0.2, 0.25) is 0 Å². The molecule has 0 saturated carbocycles. The molecule has 1 N–H and O–H groups in total. The lowest BCUT2D eigenvalue weighted by Gasteiger charge is -2.13. The fourth-order valence-corrected chi connectivity index (χ4v) is 3.17. The van der Waals surface area contributed by atoms with Crippen LogP contribution in [0.15, 0.2) is 59.7 Å². The van der Waals surface area contributed by atoms with Crippen LogP contribution in [-0.2, 0) is 4.74 Å². The van der Waals surface area contributed by atoms with Crippen molar-refractivity contribution >= 4 is 18.1 Å². The predicted molar refractivity (Wildman–Crippen MR) is 113 cm³/mol. The Morgan fingerprint density at radius 3 is 2.41 bits per heavy atom. The number of nitrogens with zero attached hydrogens (tertiary/aromatic N) is 2. The first-order valence-corrected chi connectivity index (χ1v) is 9.19. The molecule has 148 valence electrons. The van der Waals surface area contributed by atoms with Gasteiger partial charge in [-0.1, -0.05) is 29.8 Å². The minimum Gasteiger partial charge on any atom is -0.465 e. The van der Waals surface area contributed by atoms with Crippen LogP contribution in [0.25, 0.3) is 5.69 Å². The highest BCUT2D eigenvalue weighted by molar-refractivity contribution is 5.95. The minimum absolute atomic E-state index is 0.272. The van der Waals surface area contributed by atoms with Gasteiger partial charge in [-0.15, -0.1) is 0 Å². The summed E-state index contributed by atoms with van der Waals surface area (Å²) in [5.41, 5.74) is 8.07. The van der Waals surface area contributed by atoms with Crippen LogP contribution < -0.4 is 5.43 Å². The van der Waals surface area contributed by atoms with E-state index in [0.717, 1.165) is 28.2 Å². The third-order valence-electron chi connectivity index (χ3n) is 4.70. The summed E-state index contributed by atoms with van der Waals surface area (Å²) in [5.74, 6) is -0.667. The molecule has 0 unspecified atom stereocenters. The van der Waals surface area contributed by atoms with E-state index in [1.54, 1.807) is 30.5 Å². The fraction of sp³-hybridized carbons (Fsp3) is 0.174. The van der Waals surface area contributed by atoms with Crippen molar-refractivity contribution in [2.24, 2.45) is 5.10 Å². The van der Waals surface area contributed by atoms with Crippen molar-refractivity contribution in [3.8, 4) is 5.69 Å². The molecule has 0 bridgehead atoms. The summed E-state index contributed by atoms with van der Waals surface area (Å²) in [5, 5.41) is 4.09. The number of aryl methyl sites for hydroxylation is 2. The van der Waals surface area contributed by atoms with E-state index in [9.17, 15) is 9.59 Å². The highest BCUT2D eigenvalue weighted by Crippen LogP contribution is 2.23. The molecular weight excluding hydrogens is 366 g/mol. The Bertz CT molecular complexity index is 1080. The van der Waals surface area contributed by atoms with Gasteiger partial charge in [0.25, 0.3) is 5.91 Å². The molecule has 2 aromatic carbocycles. The summed E-state index contributed by atoms with van der Waals surface area (Å²) in [7, 11) is 1.36. The number of ether oxygens (including phenoxy) is 1. The molecule has 6 heteroatoms. The number of amides is 1. The molecule has 0 aliphatic carbocycles. The van der Waals surface area contributed by atoms with Gasteiger partial charge in [-0.25, -0.2) is 10.2 Å². The van der Waals surface area contributed by atoms with Crippen LogP contribution >= 0.6 is 0 Å². The number of carbonyl (C=O) groups excluding carboxylic acids is 2. The maximum absolute atomic E-state index is 12.2. The number of rotatable bonds is 5. The van der Waals surface area contributed by atoms with E-state index in [4.69, 9.17) is 4.74 Å². The van der Waals surface area contributed by atoms with E-state index in [2.05, 4.69) is 10.5 Å². The van der Waals surface area contributed by atoms with Crippen LogP contribution in [0.1, 0.15) is 43.2 Å². The van der Waals surface area contributed by atoms with Crippen molar-refractivity contribution in [3.63, 3.8) is 0 Å². The van der Waals surface area contributed by atoms with Crippen LogP contribution in [0.3, 0.4) is 0 Å². The van der Waals surface area contributed by atoms with Gasteiger partial charge in [0, 0.05) is 22.5 Å². The predicted octanol–water partition coefficient (Wildman–Crippen LogP) is 3.95. The number of esters is 1. The Labute approximate surface area is 169 Å². The number of methoxy groups -OCH3 is 1. The van der Waals surface area contributed by atoms with E-state index >= 15 is 0 Å². The molecule has 1 aromatic heterocycles. The van der Waals surface area contributed by atoms with E-state index in [-0.39, 0.29) is 5.91 Å². The van der Waals surface area contributed by atoms with E-state index in [1.807, 2.05) is 55.7 Å². The average Bonchev–Trinajstić information content (AvgIpc) is 3.01. The second-order valence-electron chi connectivity index (χ2n) is 6.74. The third kappa shape index (κ3) is 4.27. The van der Waals surface area contributed by atoms with Crippen molar-refractivity contribution in [3.05, 3.63) is 88.2 Å². The Morgan fingerprint density at radius 2 is 1.72 bits per heavy atom. The third-order valence-corrected chi connectivity index (χ3v) is 4.70. The van der Waals surface area contributed by atoms with Crippen molar-refractivity contribution < 1.29 is 14.3 Å². The van der Waals surface area contributed by atoms with Crippen LogP contribution in [0.4, 0.5) is 0 Å². The number of hydrazone groups is 1. The normalized spacial score (nSPS) is 10.9. The summed E-state index contributed by atoms with van der Waals surface area (Å²) < 4.78 is 6.87. The zero-order valence-corrected chi connectivity index (χ0v) is 16.9.